The highest BCUT2D eigenvalue weighted by Crippen LogP contribution is 2.53. The number of fused-ring (bicyclic) bond motifs is 7. The van der Waals surface area contributed by atoms with E-state index in [9.17, 15) is 34.2 Å². The molecule has 0 bridgehead atoms. The molecule has 4 amide bonds. The molecule has 2 heterocycles. The maximum Gasteiger partial charge on any atom is 0.340 e. The van der Waals surface area contributed by atoms with E-state index in [1.807, 2.05) is 60.4 Å². The van der Waals surface area contributed by atoms with Crippen LogP contribution in [0.15, 0.2) is 121 Å². The number of phenolic OH excluding ortho intramolecular Hbond substituents is 2. The summed E-state index contributed by atoms with van der Waals surface area (Å²) in [6, 6.07) is 35.8. The fourth-order valence-corrected chi connectivity index (χ4v) is 9.89. The van der Waals surface area contributed by atoms with Crippen molar-refractivity contribution in [3.8, 4) is 22.6 Å². The van der Waals surface area contributed by atoms with Gasteiger partial charge in [-0.2, -0.15) is 0 Å². The zero-order valence-corrected chi connectivity index (χ0v) is 37.4. The van der Waals surface area contributed by atoms with E-state index in [4.69, 9.17) is 4.74 Å². The lowest BCUT2D eigenvalue weighted by molar-refractivity contribution is -0.117. The van der Waals surface area contributed by atoms with Crippen LogP contribution in [0, 0.1) is 0 Å². The number of nitrogens with zero attached hydrogens (tertiary/aromatic N) is 1. The molecule has 13 nitrogen and oxygen atoms in total. The number of aromatic hydroxyl groups is 2. The van der Waals surface area contributed by atoms with Crippen LogP contribution in [0.4, 0.5) is 17.1 Å². The van der Waals surface area contributed by atoms with Crippen molar-refractivity contribution in [2.45, 2.75) is 70.6 Å². The number of phenols is 2. The number of hydrogen-bond donors (Lipinski definition) is 6. The number of ether oxygens (including phenoxy) is 1. The van der Waals surface area contributed by atoms with Crippen molar-refractivity contribution in [3.05, 3.63) is 171 Å². The van der Waals surface area contributed by atoms with Gasteiger partial charge >= 0.3 is 5.97 Å². The van der Waals surface area contributed by atoms with Crippen LogP contribution >= 0.6 is 0 Å². The highest BCUT2D eigenvalue weighted by atomic mass is 16.6. The van der Waals surface area contributed by atoms with Crippen LogP contribution in [0.3, 0.4) is 0 Å². The largest absolute Gasteiger partial charge is 0.508 e. The van der Waals surface area contributed by atoms with Gasteiger partial charge in [0.05, 0.1) is 11.6 Å². The number of carbonyl (C=O) groups excluding carboxylic acids is 5. The average Bonchev–Trinajstić information content (AvgIpc) is 3.59. The zero-order valence-electron chi connectivity index (χ0n) is 37.4. The SMILES string of the molecule is CC(=O)Nc1cccc(-c2ccc3c(c2)[C@H](Nc2ccc(C(=O)NCCCCCNC(=O)c4ccc5c(c4)C(=O)OC54c5ccc(O)cc5Cc5cc(O)ccc54)cc2)C[C@H](C)N3C(C)=O)c1. The topological polar surface area (TPSA) is 186 Å². The number of benzene rings is 6. The zero-order chi connectivity index (χ0) is 47.0. The standard InChI is InChI=1S/C54H51N5O8/c1-31-24-49(45-29-36(13-21-50(45)59(31)33(3)61)35-8-7-9-41(26-35)57-32(2)60)58-40-14-10-34(11-15-40)51(64)55-22-5-4-6-23-56-52(65)37-12-18-48-44(30-37)53(66)67-54(48)46-19-16-42(62)27-38(46)25-39-28-43(63)17-20-47(39)54/h7-21,26-31,49,58,62-63H,4-6,22-25H2,1-3H3,(H,55,64)(H,56,65)(H,57,60)/t31-,49+/m0/s1. The summed E-state index contributed by atoms with van der Waals surface area (Å²) in [7, 11) is 0. The van der Waals surface area contributed by atoms with Gasteiger partial charge in [0.15, 0.2) is 5.60 Å². The molecular weight excluding hydrogens is 847 g/mol. The van der Waals surface area contributed by atoms with Crippen LogP contribution in [-0.4, -0.2) is 58.9 Å². The summed E-state index contributed by atoms with van der Waals surface area (Å²) < 4.78 is 6.21. The van der Waals surface area contributed by atoms with E-state index in [1.165, 1.54) is 6.92 Å². The minimum absolute atomic E-state index is 0.0300. The average molecular weight is 898 g/mol. The monoisotopic (exact) mass is 897 g/mol. The van der Waals surface area contributed by atoms with Crippen molar-refractivity contribution in [1.82, 2.24) is 10.6 Å². The van der Waals surface area contributed by atoms with E-state index in [2.05, 4.69) is 27.3 Å². The number of anilines is 3. The molecule has 0 saturated heterocycles. The first kappa shape index (κ1) is 44.3. The third-order valence-electron chi connectivity index (χ3n) is 12.9. The number of rotatable bonds is 12. The molecule has 3 aliphatic rings. The number of carbonyl (C=O) groups is 5. The Kier molecular flexibility index (Phi) is 12.0. The van der Waals surface area contributed by atoms with Crippen LogP contribution in [-0.2, 0) is 26.3 Å². The molecule has 67 heavy (non-hydrogen) atoms. The quantitative estimate of drug-likeness (QED) is 0.0516. The van der Waals surface area contributed by atoms with Gasteiger partial charge in [-0.25, -0.2) is 4.79 Å². The van der Waals surface area contributed by atoms with Crippen LogP contribution in [0.2, 0.25) is 0 Å². The van der Waals surface area contributed by atoms with E-state index in [0.29, 0.717) is 61.2 Å². The summed E-state index contributed by atoms with van der Waals surface area (Å²) in [6.45, 7) is 5.97. The van der Waals surface area contributed by atoms with E-state index < -0.39 is 11.6 Å². The highest BCUT2D eigenvalue weighted by Gasteiger charge is 2.52. The fourth-order valence-electron chi connectivity index (χ4n) is 9.89. The van der Waals surface area contributed by atoms with E-state index in [-0.39, 0.29) is 52.8 Å². The second-order valence-corrected chi connectivity index (χ2v) is 17.5. The second kappa shape index (κ2) is 18.2. The molecule has 2 aliphatic heterocycles. The summed E-state index contributed by atoms with van der Waals surface area (Å²) in [6.07, 6.45) is 3.27. The van der Waals surface area contributed by atoms with Crippen LogP contribution in [0.5, 0.6) is 11.5 Å². The molecule has 1 aliphatic carbocycles. The Hall–Kier alpha value is -7.93. The number of esters is 1. The number of nitrogens with one attached hydrogen (secondary N) is 4. The lowest BCUT2D eigenvalue weighted by atomic mass is 9.71. The first-order chi connectivity index (χ1) is 32.3. The van der Waals surface area contributed by atoms with Gasteiger partial charge < -0.3 is 41.1 Å². The van der Waals surface area contributed by atoms with Gasteiger partial charge in [-0.05, 0) is 152 Å². The van der Waals surface area contributed by atoms with Crippen LogP contribution in [0.25, 0.3) is 11.1 Å². The third kappa shape index (κ3) is 8.67. The molecule has 0 unspecified atom stereocenters. The minimum Gasteiger partial charge on any atom is -0.508 e. The summed E-state index contributed by atoms with van der Waals surface area (Å²) >= 11 is 0. The van der Waals surface area contributed by atoms with Crippen molar-refractivity contribution in [2.75, 3.05) is 28.6 Å². The Morgan fingerprint density at radius 1 is 0.687 bits per heavy atom. The van der Waals surface area contributed by atoms with Crippen molar-refractivity contribution in [1.29, 1.82) is 0 Å². The third-order valence-corrected chi connectivity index (χ3v) is 12.9. The maximum atomic E-state index is 13.5. The van der Waals surface area contributed by atoms with Gasteiger partial charge in [0.25, 0.3) is 11.8 Å². The lowest BCUT2D eigenvalue weighted by Crippen LogP contribution is -2.43. The lowest BCUT2D eigenvalue weighted by Gasteiger charge is -2.39. The van der Waals surface area contributed by atoms with Crippen molar-refractivity contribution in [2.24, 2.45) is 0 Å². The Morgan fingerprint density at radius 2 is 1.31 bits per heavy atom. The molecule has 0 fully saturated rings. The molecule has 6 aromatic rings. The Balaban J connectivity index is 0.771. The minimum atomic E-state index is -1.29. The van der Waals surface area contributed by atoms with Gasteiger partial charge in [0, 0.05) is 77.9 Å². The highest BCUT2D eigenvalue weighted by molar-refractivity contribution is 6.02. The Labute approximate surface area is 388 Å². The summed E-state index contributed by atoms with van der Waals surface area (Å²) in [5, 5.41) is 32.9. The predicted octanol–water partition coefficient (Wildman–Crippen LogP) is 8.72. The molecule has 0 saturated carbocycles. The van der Waals surface area contributed by atoms with Crippen molar-refractivity contribution < 1.29 is 38.9 Å². The first-order valence-corrected chi connectivity index (χ1v) is 22.6. The van der Waals surface area contributed by atoms with Crippen LogP contribution < -0.4 is 26.2 Å². The summed E-state index contributed by atoms with van der Waals surface area (Å²) in [4.78, 5) is 66.2. The summed E-state index contributed by atoms with van der Waals surface area (Å²) in [5.41, 5.74) is 8.65. The van der Waals surface area contributed by atoms with Gasteiger partial charge in [-0.3, -0.25) is 19.2 Å². The van der Waals surface area contributed by atoms with Crippen molar-refractivity contribution in [3.63, 3.8) is 0 Å². The second-order valence-electron chi connectivity index (χ2n) is 17.5. The molecule has 6 N–H and O–H groups in total. The Bertz CT molecular complexity index is 2910. The molecule has 2 atom stereocenters. The predicted molar refractivity (Wildman–Crippen MR) is 256 cm³/mol. The number of amides is 4. The van der Waals surface area contributed by atoms with Gasteiger partial charge in [-0.1, -0.05) is 36.4 Å². The maximum absolute atomic E-state index is 13.5. The molecule has 13 heteroatoms. The van der Waals surface area contributed by atoms with E-state index in [0.717, 1.165) is 56.7 Å². The number of unbranched alkanes of at least 4 members (excludes halogenated alkanes) is 2. The molecule has 340 valence electrons. The molecule has 9 rings (SSSR count). The molecule has 6 aromatic carbocycles. The van der Waals surface area contributed by atoms with Crippen molar-refractivity contribution >= 4 is 46.7 Å². The molecule has 0 aromatic heterocycles. The van der Waals surface area contributed by atoms with E-state index >= 15 is 0 Å². The normalized spacial score (nSPS) is 16.2. The molecular formula is C54H51N5O8. The van der Waals surface area contributed by atoms with Gasteiger partial charge in [0.1, 0.15) is 11.5 Å². The number of hydrogen-bond acceptors (Lipinski definition) is 9. The van der Waals surface area contributed by atoms with Crippen LogP contribution in [0.1, 0.15) is 117 Å². The van der Waals surface area contributed by atoms with Gasteiger partial charge in [0.2, 0.25) is 11.8 Å². The van der Waals surface area contributed by atoms with Gasteiger partial charge in [-0.15, -0.1) is 0 Å². The summed E-state index contributed by atoms with van der Waals surface area (Å²) in [5.74, 6) is -1.09. The fraction of sp³-hybridized carbons (Fsp3) is 0.241. The molecule has 1 spiro atoms. The Morgan fingerprint density at radius 3 is 1.97 bits per heavy atom. The molecule has 0 radical (unpaired) electrons. The smallest absolute Gasteiger partial charge is 0.340 e. The van der Waals surface area contributed by atoms with E-state index in [1.54, 1.807) is 73.7 Å². The first-order valence-electron chi connectivity index (χ1n) is 22.6.